The van der Waals surface area contributed by atoms with Crippen LogP contribution in [0.1, 0.15) is 51.9 Å². The van der Waals surface area contributed by atoms with Gasteiger partial charge in [0.25, 0.3) is 0 Å². The largest absolute Gasteiger partial charge is 0.352 e. The lowest BCUT2D eigenvalue weighted by Gasteiger charge is -2.33. The van der Waals surface area contributed by atoms with Crippen molar-refractivity contribution < 1.29 is 4.79 Å². The Bertz CT molecular complexity index is 249. The smallest absolute Gasteiger partial charge is 0.223 e. The summed E-state index contributed by atoms with van der Waals surface area (Å²) in [6.45, 7) is 5.56. The van der Waals surface area contributed by atoms with Gasteiger partial charge in [-0.15, -0.1) is 0 Å². The fourth-order valence-corrected chi connectivity index (χ4v) is 3.14. The third-order valence-electron chi connectivity index (χ3n) is 4.28. The van der Waals surface area contributed by atoms with Crippen LogP contribution >= 0.6 is 0 Å². The van der Waals surface area contributed by atoms with Gasteiger partial charge in [0, 0.05) is 18.5 Å². The fraction of sp³-hybridized carbons (Fsp3) is 0.929. The number of carbonyl (C=O) groups excluding carboxylic acids is 1. The summed E-state index contributed by atoms with van der Waals surface area (Å²) < 4.78 is 0. The van der Waals surface area contributed by atoms with Crippen molar-refractivity contribution >= 4 is 5.91 Å². The van der Waals surface area contributed by atoms with E-state index >= 15 is 0 Å². The van der Waals surface area contributed by atoms with Crippen molar-refractivity contribution in [3.63, 3.8) is 0 Å². The van der Waals surface area contributed by atoms with E-state index in [2.05, 4.69) is 17.1 Å². The van der Waals surface area contributed by atoms with Gasteiger partial charge in [0.15, 0.2) is 0 Å². The van der Waals surface area contributed by atoms with Crippen LogP contribution in [0, 0.1) is 5.92 Å². The molecule has 1 saturated heterocycles. The zero-order valence-corrected chi connectivity index (χ0v) is 11.1. The number of piperidine rings is 1. The highest BCUT2D eigenvalue weighted by atomic mass is 16.1. The second-order valence-corrected chi connectivity index (χ2v) is 5.58. The number of nitrogens with one attached hydrogen (secondary N) is 1. The van der Waals surface area contributed by atoms with E-state index in [1.807, 2.05) is 0 Å². The highest BCUT2D eigenvalue weighted by Gasteiger charge is 2.25. The molecule has 0 spiro atoms. The molecule has 1 saturated carbocycles. The molecule has 0 bridgehead atoms. The maximum atomic E-state index is 12.1. The second-order valence-electron chi connectivity index (χ2n) is 5.58. The van der Waals surface area contributed by atoms with Gasteiger partial charge >= 0.3 is 0 Å². The molecule has 0 aromatic carbocycles. The zero-order valence-electron chi connectivity index (χ0n) is 11.1. The standard InChI is InChI=1S/C14H26N2O/c1-2-16-10-6-9-13(11-16)15-14(17)12-7-4-3-5-8-12/h12-13H,2-11H2,1H3,(H,15,17). The van der Waals surface area contributed by atoms with Crippen molar-refractivity contribution in [3.05, 3.63) is 0 Å². The molecule has 1 unspecified atom stereocenters. The van der Waals surface area contributed by atoms with Crippen molar-refractivity contribution in [2.75, 3.05) is 19.6 Å². The number of amides is 1. The Labute approximate surface area is 105 Å². The number of likely N-dealkylation sites (tertiary alicyclic amines) is 1. The van der Waals surface area contributed by atoms with E-state index in [1.54, 1.807) is 0 Å². The number of hydrogen-bond donors (Lipinski definition) is 1. The molecule has 1 aliphatic carbocycles. The monoisotopic (exact) mass is 238 g/mol. The molecule has 0 radical (unpaired) electrons. The molecule has 1 amide bonds. The minimum absolute atomic E-state index is 0.306. The molecule has 0 aromatic heterocycles. The molecular weight excluding hydrogens is 212 g/mol. The molecule has 2 rings (SSSR count). The Morgan fingerprint density at radius 2 is 1.94 bits per heavy atom. The summed E-state index contributed by atoms with van der Waals surface area (Å²) in [5.41, 5.74) is 0. The molecule has 2 aliphatic rings. The predicted molar refractivity (Wildman–Crippen MR) is 69.9 cm³/mol. The normalized spacial score (nSPS) is 27.9. The first-order chi connectivity index (χ1) is 8.29. The quantitative estimate of drug-likeness (QED) is 0.817. The molecule has 0 aromatic rings. The van der Waals surface area contributed by atoms with Gasteiger partial charge in [-0.3, -0.25) is 4.79 Å². The summed E-state index contributed by atoms with van der Waals surface area (Å²) >= 11 is 0. The Balaban J connectivity index is 1.77. The Morgan fingerprint density at radius 1 is 1.18 bits per heavy atom. The van der Waals surface area contributed by atoms with Crippen LogP contribution < -0.4 is 5.32 Å². The first-order valence-corrected chi connectivity index (χ1v) is 7.32. The first kappa shape index (κ1) is 12.9. The van der Waals surface area contributed by atoms with Gasteiger partial charge < -0.3 is 10.2 Å². The zero-order chi connectivity index (χ0) is 12.1. The van der Waals surface area contributed by atoms with Gasteiger partial charge in [-0.2, -0.15) is 0 Å². The van der Waals surface area contributed by atoms with Crippen LogP contribution in [0.4, 0.5) is 0 Å². The molecule has 1 aliphatic heterocycles. The molecule has 1 heterocycles. The maximum Gasteiger partial charge on any atom is 0.223 e. The van der Waals surface area contributed by atoms with E-state index in [0.717, 1.165) is 32.4 Å². The molecule has 98 valence electrons. The average molecular weight is 238 g/mol. The van der Waals surface area contributed by atoms with Crippen molar-refractivity contribution in [3.8, 4) is 0 Å². The van der Waals surface area contributed by atoms with Crippen LogP contribution in [0.15, 0.2) is 0 Å². The molecule has 3 nitrogen and oxygen atoms in total. The van der Waals surface area contributed by atoms with Crippen molar-refractivity contribution in [1.29, 1.82) is 0 Å². The van der Waals surface area contributed by atoms with E-state index < -0.39 is 0 Å². The van der Waals surface area contributed by atoms with Gasteiger partial charge in [0.05, 0.1) is 0 Å². The summed E-state index contributed by atoms with van der Waals surface area (Å²) in [5, 5.41) is 3.27. The lowest BCUT2D eigenvalue weighted by molar-refractivity contribution is -0.127. The van der Waals surface area contributed by atoms with Crippen LogP contribution in [0.2, 0.25) is 0 Å². The van der Waals surface area contributed by atoms with Crippen molar-refractivity contribution in [1.82, 2.24) is 10.2 Å². The maximum absolute atomic E-state index is 12.1. The Morgan fingerprint density at radius 3 is 2.65 bits per heavy atom. The van der Waals surface area contributed by atoms with Crippen LogP contribution in [0.25, 0.3) is 0 Å². The molecule has 1 atom stereocenters. The lowest BCUT2D eigenvalue weighted by atomic mass is 9.88. The van der Waals surface area contributed by atoms with Crippen LogP contribution in [-0.2, 0) is 4.79 Å². The molecular formula is C14H26N2O. The summed E-state index contributed by atoms with van der Waals surface area (Å²) in [7, 11) is 0. The average Bonchev–Trinajstić information content (AvgIpc) is 2.40. The fourth-order valence-electron chi connectivity index (χ4n) is 3.14. The number of nitrogens with zero attached hydrogens (tertiary/aromatic N) is 1. The summed E-state index contributed by atoms with van der Waals surface area (Å²) in [5.74, 6) is 0.633. The highest BCUT2D eigenvalue weighted by molar-refractivity contribution is 5.79. The molecule has 17 heavy (non-hydrogen) atoms. The minimum atomic E-state index is 0.306. The van der Waals surface area contributed by atoms with Gasteiger partial charge in [-0.1, -0.05) is 26.2 Å². The summed E-state index contributed by atoms with van der Waals surface area (Å²) in [6, 6.07) is 0.401. The highest BCUT2D eigenvalue weighted by Crippen LogP contribution is 2.24. The van der Waals surface area contributed by atoms with Crippen LogP contribution in [0.3, 0.4) is 0 Å². The van der Waals surface area contributed by atoms with Crippen molar-refractivity contribution in [2.45, 2.75) is 57.9 Å². The topological polar surface area (TPSA) is 32.3 Å². The van der Waals surface area contributed by atoms with Gasteiger partial charge in [0.1, 0.15) is 0 Å². The summed E-state index contributed by atoms with van der Waals surface area (Å²) in [4.78, 5) is 14.6. The molecule has 3 heteroatoms. The van der Waals surface area contributed by atoms with Gasteiger partial charge in [-0.05, 0) is 38.8 Å². The van der Waals surface area contributed by atoms with E-state index in [9.17, 15) is 4.79 Å². The van der Waals surface area contributed by atoms with Crippen molar-refractivity contribution in [2.24, 2.45) is 5.92 Å². The van der Waals surface area contributed by atoms with E-state index in [-0.39, 0.29) is 0 Å². The Kier molecular flexibility index (Phi) is 4.84. The van der Waals surface area contributed by atoms with Gasteiger partial charge in [0.2, 0.25) is 5.91 Å². The molecule has 1 N–H and O–H groups in total. The summed E-state index contributed by atoms with van der Waals surface area (Å²) in [6.07, 6.45) is 8.40. The first-order valence-electron chi connectivity index (χ1n) is 7.32. The van der Waals surface area contributed by atoms with E-state index in [0.29, 0.717) is 17.9 Å². The SMILES string of the molecule is CCN1CCCC(NC(=O)C2CCCCC2)C1. The number of hydrogen-bond acceptors (Lipinski definition) is 2. The lowest BCUT2D eigenvalue weighted by Crippen LogP contribution is -2.49. The third kappa shape index (κ3) is 3.70. The number of likely N-dealkylation sites (N-methyl/N-ethyl adjacent to an activating group) is 1. The van der Waals surface area contributed by atoms with Gasteiger partial charge in [-0.25, -0.2) is 0 Å². The van der Waals surface area contributed by atoms with Crippen LogP contribution in [-0.4, -0.2) is 36.5 Å². The Hall–Kier alpha value is -0.570. The number of carbonyl (C=O) groups is 1. The molecule has 2 fully saturated rings. The third-order valence-corrected chi connectivity index (χ3v) is 4.28. The van der Waals surface area contributed by atoms with Crippen LogP contribution in [0.5, 0.6) is 0 Å². The predicted octanol–water partition coefficient (Wildman–Crippen LogP) is 2.17. The van der Waals surface area contributed by atoms with E-state index in [4.69, 9.17) is 0 Å². The van der Waals surface area contributed by atoms with E-state index in [1.165, 1.54) is 32.2 Å². The second kappa shape index (κ2) is 6.39. The number of rotatable bonds is 3. The minimum Gasteiger partial charge on any atom is -0.352 e.